The lowest BCUT2D eigenvalue weighted by atomic mass is 10.1. The van der Waals surface area contributed by atoms with E-state index in [1.165, 1.54) is 29.6 Å². The minimum absolute atomic E-state index is 0.195. The Morgan fingerprint density at radius 3 is 2.72 bits per heavy atom. The molecular formula is C12H11FN2O2S. The Morgan fingerprint density at radius 1 is 1.28 bits per heavy atom. The molecule has 1 aromatic heterocycles. The van der Waals surface area contributed by atoms with Crippen LogP contribution in [0.5, 0.6) is 0 Å². The summed E-state index contributed by atoms with van der Waals surface area (Å²) in [5.41, 5.74) is 2.23. The van der Waals surface area contributed by atoms with Crippen LogP contribution in [0.3, 0.4) is 0 Å². The van der Waals surface area contributed by atoms with Crippen molar-refractivity contribution in [1.29, 1.82) is 0 Å². The summed E-state index contributed by atoms with van der Waals surface area (Å²) in [5, 5.41) is 0. The molecule has 18 heavy (non-hydrogen) atoms. The molecule has 1 aliphatic rings. The van der Waals surface area contributed by atoms with Gasteiger partial charge in [-0.05, 0) is 31.2 Å². The molecular weight excluding hydrogens is 255 g/mol. The van der Waals surface area contributed by atoms with Gasteiger partial charge in [-0.25, -0.2) is 12.8 Å². The fourth-order valence-corrected chi connectivity index (χ4v) is 3.69. The van der Waals surface area contributed by atoms with Gasteiger partial charge in [-0.3, -0.25) is 4.31 Å². The van der Waals surface area contributed by atoms with Gasteiger partial charge in [-0.15, -0.1) is 0 Å². The minimum atomic E-state index is -3.55. The summed E-state index contributed by atoms with van der Waals surface area (Å²) >= 11 is 0. The van der Waals surface area contributed by atoms with E-state index in [2.05, 4.69) is 4.98 Å². The summed E-state index contributed by atoms with van der Waals surface area (Å²) in [6.07, 6.45) is 0. The van der Waals surface area contributed by atoms with Crippen LogP contribution >= 0.6 is 0 Å². The SMILES string of the molecule is Cc1cc2c([nH]1)-c1cc(F)ccc1N(C)S2(=O)=O. The van der Waals surface area contributed by atoms with Gasteiger partial charge in [0.15, 0.2) is 0 Å². The highest BCUT2D eigenvalue weighted by Gasteiger charge is 2.34. The summed E-state index contributed by atoms with van der Waals surface area (Å²) in [5.74, 6) is -0.389. The first-order chi connectivity index (χ1) is 8.41. The van der Waals surface area contributed by atoms with Gasteiger partial charge in [0, 0.05) is 18.3 Å². The van der Waals surface area contributed by atoms with Crippen molar-refractivity contribution in [2.45, 2.75) is 11.8 Å². The average molecular weight is 266 g/mol. The Balaban J connectivity index is 2.44. The number of sulfonamides is 1. The van der Waals surface area contributed by atoms with E-state index in [1.807, 2.05) is 0 Å². The molecule has 1 aliphatic heterocycles. The lowest BCUT2D eigenvalue weighted by Gasteiger charge is -2.26. The molecule has 0 unspecified atom stereocenters. The third kappa shape index (κ3) is 1.32. The number of nitrogens with one attached hydrogen (secondary N) is 1. The molecule has 3 rings (SSSR count). The summed E-state index contributed by atoms with van der Waals surface area (Å²) in [6, 6.07) is 5.64. The monoisotopic (exact) mass is 266 g/mol. The molecule has 2 aromatic rings. The van der Waals surface area contributed by atoms with Gasteiger partial charge in [0.2, 0.25) is 0 Å². The molecule has 0 aliphatic carbocycles. The Kier molecular flexibility index (Phi) is 2.10. The van der Waals surface area contributed by atoms with Crippen LogP contribution in [0.4, 0.5) is 10.1 Å². The van der Waals surface area contributed by atoms with Gasteiger partial charge >= 0.3 is 0 Å². The highest BCUT2D eigenvalue weighted by molar-refractivity contribution is 7.93. The van der Waals surface area contributed by atoms with E-state index < -0.39 is 10.0 Å². The second-order valence-corrected chi connectivity index (χ2v) is 6.26. The number of aromatic nitrogens is 1. The predicted molar refractivity (Wildman–Crippen MR) is 66.5 cm³/mol. The molecule has 6 heteroatoms. The van der Waals surface area contributed by atoms with Crippen LogP contribution in [-0.2, 0) is 10.0 Å². The standard InChI is InChI=1S/C12H11FN2O2S/c1-7-5-11-12(14-7)9-6-8(13)3-4-10(9)15(2)18(11,16)17/h3-6,14H,1-2H3. The summed E-state index contributed by atoms with van der Waals surface area (Å²) in [7, 11) is -2.08. The molecule has 4 nitrogen and oxygen atoms in total. The summed E-state index contributed by atoms with van der Waals surface area (Å²) in [6.45, 7) is 1.77. The third-order valence-corrected chi connectivity index (χ3v) is 4.92. The number of hydrogen-bond donors (Lipinski definition) is 1. The fraction of sp³-hybridized carbons (Fsp3) is 0.167. The number of halogens is 1. The zero-order valence-electron chi connectivity index (χ0n) is 9.86. The molecule has 0 saturated heterocycles. The topological polar surface area (TPSA) is 53.2 Å². The Labute approximate surface area is 104 Å². The summed E-state index contributed by atoms with van der Waals surface area (Å²) in [4.78, 5) is 3.18. The van der Waals surface area contributed by atoms with Crippen molar-refractivity contribution in [1.82, 2.24) is 4.98 Å². The number of anilines is 1. The predicted octanol–water partition coefficient (Wildman–Crippen LogP) is 2.27. The van der Waals surface area contributed by atoms with E-state index in [-0.39, 0.29) is 10.7 Å². The first-order valence-electron chi connectivity index (χ1n) is 5.40. The quantitative estimate of drug-likeness (QED) is 0.795. The number of aromatic amines is 1. The number of H-pyrrole nitrogens is 1. The first-order valence-corrected chi connectivity index (χ1v) is 6.84. The van der Waals surface area contributed by atoms with Crippen LogP contribution in [0.2, 0.25) is 0 Å². The maximum atomic E-state index is 13.3. The van der Waals surface area contributed by atoms with E-state index in [0.717, 1.165) is 5.69 Å². The van der Waals surface area contributed by atoms with Gasteiger partial charge in [0.1, 0.15) is 10.7 Å². The van der Waals surface area contributed by atoms with Crippen molar-refractivity contribution < 1.29 is 12.8 Å². The average Bonchev–Trinajstić information content (AvgIpc) is 2.70. The Bertz CT molecular complexity index is 749. The van der Waals surface area contributed by atoms with Crippen LogP contribution in [0.15, 0.2) is 29.2 Å². The highest BCUT2D eigenvalue weighted by atomic mass is 32.2. The molecule has 0 spiro atoms. The zero-order valence-corrected chi connectivity index (χ0v) is 10.7. The van der Waals surface area contributed by atoms with E-state index >= 15 is 0 Å². The zero-order chi connectivity index (χ0) is 13.1. The molecule has 94 valence electrons. The van der Waals surface area contributed by atoms with Gasteiger partial charge in [-0.1, -0.05) is 0 Å². The van der Waals surface area contributed by atoms with Crippen molar-refractivity contribution in [3.8, 4) is 11.3 Å². The van der Waals surface area contributed by atoms with Crippen molar-refractivity contribution in [2.24, 2.45) is 0 Å². The van der Waals surface area contributed by atoms with Gasteiger partial charge < -0.3 is 4.98 Å². The molecule has 0 saturated carbocycles. The maximum absolute atomic E-state index is 13.3. The number of rotatable bonds is 0. The highest BCUT2D eigenvalue weighted by Crippen LogP contribution is 2.42. The second-order valence-electron chi connectivity index (χ2n) is 4.33. The fourth-order valence-electron chi connectivity index (χ4n) is 2.23. The van der Waals surface area contributed by atoms with Crippen LogP contribution in [0.25, 0.3) is 11.3 Å². The Morgan fingerprint density at radius 2 is 2.00 bits per heavy atom. The smallest absolute Gasteiger partial charge is 0.266 e. The molecule has 1 N–H and O–H groups in total. The van der Waals surface area contributed by atoms with Crippen molar-refractivity contribution >= 4 is 15.7 Å². The van der Waals surface area contributed by atoms with E-state index in [9.17, 15) is 12.8 Å². The number of hydrogen-bond acceptors (Lipinski definition) is 2. The number of fused-ring (bicyclic) bond motifs is 3. The van der Waals surface area contributed by atoms with Crippen molar-refractivity contribution in [3.05, 3.63) is 35.8 Å². The van der Waals surface area contributed by atoms with Crippen molar-refractivity contribution in [2.75, 3.05) is 11.4 Å². The van der Waals surface area contributed by atoms with Crippen molar-refractivity contribution in [3.63, 3.8) is 0 Å². The van der Waals surface area contributed by atoms with Crippen LogP contribution in [0, 0.1) is 12.7 Å². The minimum Gasteiger partial charge on any atom is -0.357 e. The maximum Gasteiger partial charge on any atom is 0.266 e. The lowest BCUT2D eigenvalue weighted by molar-refractivity contribution is 0.593. The molecule has 0 fully saturated rings. The van der Waals surface area contributed by atoms with Gasteiger partial charge in [0.25, 0.3) is 10.0 Å². The normalized spacial score (nSPS) is 16.3. The van der Waals surface area contributed by atoms with Crippen LogP contribution in [-0.4, -0.2) is 20.4 Å². The van der Waals surface area contributed by atoms with Gasteiger partial charge in [-0.2, -0.15) is 0 Å². The van der Waals surface area contributed by atoms with Gasteiger partial charge in [0.05, 0.1) is 11.4 Å². The second kappa shape index (κ2) is 3.35. The Hall–Kier alpha value is -1.82. The molecule has 0 radical (unpaired) electrons. The molecule has 0 amide bonds. The third-order valence-electron chi connectivity index (χ3n) is 3.12. The van der Waals surface area contributed by atoms with E-state index in [1.54, 1.807) is 13.0 Å². The van der Waals surface area contributed by atoms with Crippen LogP contribution < -0.4 is 4.31 Å². The summed E-state index contributed by atoms with van der Waals surface area (Å²) < 4.78 is 39.1. The number of nitrogens with zero attached hydrogens (tertiary/aromatic N) is 1. The molecule has 2 heterocycles. The van der Waals surface area contributed by atoms with E-state index in [0.29, 0.717) is 16.9 Å². The van der Waals surface area contributed by atoms with Crippen LogP contribution in [0.1, 0.15) is 5.69 Å². The number of aryl methyl sites for hydroxylation is 1. The molecule has 0 bridgehead atoms. The molecule has 0 atom stereocenters. The lowest BCUT2D eigenvalue weighted by Crippen LogP contribution is -2.30. The first kappa shape index (κ1) is 11.3. The number of benzene rings is 1. The molecule has 1 aromatic carbocycles. The van der Waals surface area contributed by atoms with E-state index in [4.69, 9.17) is 0 Å². The largest absolute Gasteiger partial charge is 0.357 e.